The molecule has 0 atom stereocenters. The van der Waals surface area contributed by atoms with Gasteiger partial charge in [-0.1, -0.05) is 12.1 Å². The van der Waals surface area contributed by atoms with E-state index in [1.807, 2.05) is 18.2 Å². The Hall–Kier alpha value is -1.64. The summed E-state index contributed by atoms with van der Waals surface area (Å²) in [6, 6.07) is 7.48. The van der Waals surface area contributed by atoms with Crippen LogP contribution in [-0.4, -0.2) is 23.7 Å². The van der Waals surface area contributed by atoms with E-state index < -0.39 is 0 Å². The van der Waals surface area contributed by atoms with Crippen LogP contribution in [0.1, 0.15) is 37.6 Å². The van der Waals surface area contributed by atoms with Crippen LogP contribution in [0.5, 0.6) is 0 Å². The summed E-state index contributed by atoms with van der Waals surface area (Å²) < 4.78 is 0. The van der Waals surface area contributed by atoms with Crippen molar-refractivity contribution in [1.82, 2.24) is 0 Å². The first-order valence-electron chi connectivity index (χ1n) is 5.80. The molecule has 1 aliphatic rings. The van der Waals surface area contributed by atoms with E-state index in [-0.39, 0.29) is 17.1 Å². The Morgan fingerprint density at radius 1 is 1.35 bits per heavy atom. The minimum atomic E-state index is -0.160. The summed E-state index contributed by atoms with van der Waals surface area (Å²) in [5.41, 5.74) is 1.48. The Balaban J connectivity index is 2.37. The number of hydrogen-bond acceptors (Lipinski definition) is 3. The molecule has 0 aliphatic carbocycles. The number of carbonyl (C=O) groups is 2. The maximum absolute atomic E-state index is 11.6. The van der Waals surface area contributed by atoms with Gasteiger partial charge in [0.2, 0.25) is 0 Å². The molecular formula is C14H17NO2. The van der Waals surface area contributed by atoms with E-state index in [2.05, 4.69) is 18.7 Å². The second kappa shape index (κ2) is 3.99. The third kappa shape index (κ3) is 2.23. The van der Waals surface area contributed by atoms with Gasteiger partial charge in [0.1, 0.15) is 0 Å². The van der Waals surface area contributed by atoms with E-state index in [0.717, 1.165) is 5.69 Å². The average Bonchev–Trinajstić information content (AvgIpc) is 2.52. The van der Waals surface area contributed by atoms with Crippen molar-refractivity contribution in [1.29, 1.82) is 0 Å². The fraction of sp³-hybridized carbons (Fsp3) is 0.429. The van der Waals surface area contributed by atoms with Crippen LogP contribution in [0.4, 0.5) is 5.69 Å². The number of Topliss-reactive ketones (excluding diaryl/α,β-unsaturated/α-hetero) is 2. The molecule has 0 amide bonds. The molecule has 0 spiro atoms. The SMILES string of the molecule is CC(=O)c1cccc(N2CC(=O)CC2(C)C)c1. The van der Waals surface area contributed by atoms with Gasteiger partial charge < -0.3 is 4.90 Å². The second-order valence-corrected chi connectivity index (χ2v) is 5.22. The standard InChI is InChI=1S/C14H17NO2/c1-10(16)11-5-4-6-12(7-11)15-9-13(17)8-14(15,2)3/h4-7H,8-9H2,1-3H3. The quantitative estimate of drug-likeness (QED) is 0.734. The van der Waals surface area contributed by atoms with Crippen LogP contribution in [0.3, 0.4) is 0 Å². The fourth-order valence-electron chi connectivity index (χ4n) is 2.36. The Morgan fingerprint density at radius 2 is 2.06 bits per heavy atom. The predicted octanol–water partition coefficient (Wildman–Crippen LogP) is 2.45. The molecule has 0 N–H and O–H groups in total. The van der Waals surface area contributed by atoms with Gasteiger partial charge in [-0.15, -0.1) is 0 Å². The number of nitrogens with zero attached hydrogens (tertiary/aromatic N) is 1. The third-order valence-corrected chi connectivity index (χ3v) is 3.26. The Labute approximate surface area is 101 Å². The monoisotopic (exact) mass is 231 g/mol. The Kier molecular flexibility index (Phi) is 2.77. The number of benzene rings is 1. The molecule has 1 heterocycles. The molecule has 0 saturated carbocycles. The largest absolute Gasteiger partial charge is 0.359 e. The molecule has 17 heavy (non-hydrogen) atoms. The van der Waals surface area contributed by atoms with Crippen molar-refractivity contribution in [3.8, 4) is 0 Å². The van der Waals surface area contributed by atoms with Crippen LogP contribution in [-0.2, 0) is 4.79 Å². The van der Waals surface area contributed by atoms with Crippen LogP contribution >= 0.6 is 0 Å². The summed E-state index contributed by atoms with van der Waals surface area (Å²) in [7, 11) is 0. The predicted molar refractivity (Wildman–Crippen MR) is 67.5 cm³/mol. The van der Waals surface area contributed by atoms with Crippen molar-refractivity contribution < 1.29 is 9.59 Å². The van der Waals surface area contributed by atoms with Gasteiger partial charge in [0.15, 0.2) is 11.6 Å². The van der Waals surface area contributed by atoms with Crippen molar-refractivity contribution in [2.75, 3.05) is 11.4 Å². The van der Waals surface area contributed by atoms with Crippen molar-refractivity contribution in [3.63, 3.8) is 0 Å². The molecule has 3 heteroatoms. The van der Waals surface area contributed by atoms with Gasteiger partial charge in [0.25, 0.3) is 0 Å². The van der Waals surface area contributed by atoms with Gasteiger partial charge in [-0.25, -0.2) is 0 Å². The molecular weight excluding hydrogens is 214 g/mol. The average molecular weight is 231 g/mol. The van der Waals surface area contributed by atoms with E-state index in [1.165, 1.54) is 0 Å². The molecule has 1 aromatic carbocycles. The number of ketones is 2. The normalized spacial score (nSPS) is 18.5. The molecule has 2 rings (SSSR count). The Bertz CT molecular complexity index is 477. The van der Waals surface area contributed by atoms with E-state index in [9.17, 15) is 9.59 Å². The van der Waals surface area contributed by atoms with E-state index >= 15 is 0 Å². The lowest BCUT2D eigenvalue weighted by atomic mass is 10.0. The van der Waals surface area contributed by atoms with E-state index in [0.29, 0.717) is 18.5 Å². The van der Waals surface area contributed by atoms with Gasteiger partial charge in [-0.3, -0.25) is 9.59 Å². The lowest BCUT2D eigenvalue weighted by molar-refractivity contribution is -0.116. The van der Waals surface area contributed by atoms with Gasteiger partial charge in [0.05, 0.1) is 6.54 Å². The molecule has 0 aromatic heterocycles. The third-order valence-electron chi connectivity index (χ3n) is 3.26. The molecule has 0 unspecified atom stereocenters. The van der Waals surface area contributed by atoms with Crippen molar-refractivity contribution in [3.05, 3.63) is 29.8 Å². The number of carbonyl (C=O) groups excluding carboxylic acids is 2. The van der Waals surface area contributed by atoms with Gasteiger partial charge in [-0.2, -0.15) is 0 Å². The summed E-state index contributed by atoms with van der Waals surface area (Å²) >= 11 is 0. The maximum Gasteiger partial charge on any atom is 0.159 e. The lowest BCUT2D eigenvalue weighted by Crippen LogP contribution is -2.38. The first kappa shape index (κ1) is 11.8. The number of hydrogen-bond donors (Lipinski definition) is 0. The van der Waals surface area contributed by atoms with Crippen LogP contribution in [0.15, 0.2) is 24.3 Å². The van der Waals surface area contributed by atoms with Crippen LogP contribution in [0.2, 0.25) is 0 Å². The zero-order valence-corrected chi connectivity index (χ0v) is 10.5. The molecule has 0 bridgehead atoms. The summed E-state index contributed by atoms with van der Waals surface area (Å²) in [6.07, 6.45) is 0.567. The van der Waals surface area contributed by atoms with Crippen molar-refractivity contribution in [2.45, 2.75) is 32.7 Å². The first-order valence-corrected chi connectivity index (χ1v) is 5.80. The zero-order chi connectivity index (χ0) is 12.6. The summed E-state index contributed by atoms with van der Waals surface area (Å²) in [6.45, 7) is 6.10. The summed E-state index contributed by atoms with van der Waals surface area (Å²) in [5, 5.41) is 0. The highest BCUT2D eigenvalue weighted by molar-refractivity contribution is 5.95. The number of rotatable bonds is 2. The Morgan fingerprint density at radius 3 is 2.59 bits per heavy atom. The van der Waals surface area contributed by atoms with Crippen LogP contribution in [0.25, 0.3) is 0 Å². The lowest BCUT2D eigenvalue weighted by Gasteiger charge is -2.32. The van der Waals surface area contributed by atoms with Crippen molar-refractivity contribution >= 4 is 17.3 Å². The van der Waals surface area contributed by atoms with Crippen molar-refractivity contribution in [2.24, 2.45) is 0 Å². The highest BCUT2D eigenvalue weighted by atomic mass is 16.1. The number of anilines is 1. The van der Waals surface area contributed by atoms with E-state index in [1.54, 1.807) is 13.0 Å². The second-order valence-electron chi connectivity index (χ2n) is 5.22. The molecule has 1 saturated heterocycles. The zero-order valence-electron chi connectivity index (χ0n) is 10.5. The van der Waals surface area contributed by atoms with Gasteiger partial charge >= 0.3 is 0 Å². The molecule has 3 nitrogen and oxygen atoms in total. The smallest absolute Gasteiger partial charge is 0.159 e. The fourth-order valence-corrected chi connectivity index (χ4v) is 2.36. The van der Waals surface area contributed by atoms with Gasteiger partial charge in [0, 0.05) is 23.2 Å². The summed E-state index contributed by atoms with van der Waals surface area (Å²) in [5.74, 6) is 0.304. The van der Waals surface area contributed by atoms with Crippen LogP contribution in [0, 0.1) is 0 Å². The maximum atomic E-state index is 11.6. The van der Waals surface area contributed by atoms with Crippen LogP contribution < -0.4 is 4.90 Å². The highest BCUT2D eigenvalue weighted by Crippen LogP contribution is 2.32. The molecule has 1 fully saturated rings. The minimum Gasteiger partial charge on any atom is -0.359 e. The molecule has 1 aromatic rings. The van der Waals surface area contributed by atoms with E-state index in [4.69, 9.17) is 0 Å². The molecule has 0 radical (unpaired) electrons. The molecule has 90 valence electrons. The minimum absolute atomic E-state index is 0.0511. The van der Waals surface area contributed by atoms with Gasteiger partial charge in [-0.05, 0) is 32.9 Å². The topological polar surface area (TPSA) is 37.4 Å². The molecule has 1 aliphatic heterocycles. The highest BCUT2D eigenvalue weighted by Gasteiger charge is 2.37. The summed E-state index contributed by atoms with van der Waals surface area (Å²) in [4.78, 5) is 25.0. The first-order chi connectivity index (χ1) is 7.90.